The highest BCUT2D eigenvalue weighted by molar-refractivity contribution is 8.26. The number of amides is 1. The number of piperidine rings is 1. The van der Waals surface area contributed by atoms with Crippen molar-refractivity contribution in [1.82, 2.24) is 14.3 Å². The van der Waals surface area contributed by atoms with Gasteiger partial charge in [0.1, 0.15) is 15.8 Å². The fourth-order valence-electron chi connectivity index (χ4n) is 5.29. The van der Waals surface area contributed by atoms with Gasteiger partial charge < -0.3 is 14.4 Å². The van der Waals surface area contributed by atoms with E-state index in [1.165, 1.54) is 11.8 Å². The number of aryl methyl sites for hydroxylation is 1. The van der Waals surface area contributed by atoms with Crippen LogP contribution >= 0.6 is 24.0 Å². The van der Waals surface area contributed by atoms with E-state index >= 15 is 0 Å². The van der Waals surface area contributed by atoms with E-state index < -0.39 is 0 Å². The summed E-state index contributed by atoms with van der Waals surface area (Å²) in [5, 5.41) is 0. The Bertz CT molecular complexity index is 1550. The molecular weight excluding hydrogens is 520 g/mol. The van der Waals surface area contributed by atoms with Crippen molar-refractivity contribution in [3.05, 3.63) is 68.5 Å². The number of aromatic nitrogens is 2. The molecule has 1 atom stereocenters. The Kier molecular flexibility index (Phi) is 6.61. The highest BCUT2D eigenvalue weighted by atomic mass is 32.2. The third kappa shape index (κ3) is 4.45. The third-order valence-electron chi connectivity index (χ3n) is 7.28. The second-order valence-corrected chi connectivity index (χ2v) is 11.5. The molecule has 10 heteroatoms. The molecule has 3 aliphatic rings. The average molecular weight is 549 g/mol. The molecule has 3 aromatic rings. The lowest BCUT2D eigenvalue weighted by Crippen LogP contribution is -2.41. The standard InChI is InChI=1S/C28H28N4O4S2/c1-3-19-6-4-5-11-30(19)25-20(26(33)31-14-17(2)7-10-24(31)29-25)13-23-27(34)32(28(37)38-23)15-18-8-9-21-22(12-18)36-16-35-21/h7-10,12-14,19H,3-6,11,15-16H2,1-2H3. The molecule has 1 unspecified atom stereocenters. The maximum Gasteiger partial charge on any atom is 0.267 e. The first kappa shape index (κ1) is 24.9. The highest BCUT2D eigenvalue weighted by Gasteiger charge is 2.34. The summed E-state index contributed by atoms with van der Waals surface area (Å²) in [5.74, 6) is 1.77. The molecule has 0 saturated carbocycles. The maximum absolute atomic E-state index is 13.9. The number of ether oxygens (including phenoxy) is 2. The molecule has 6 rings (SSSR count). The Morgan fingerprint density at radius 3 is 2.84 bits per heavy atom. The van der Waals surface area contributed by atoms with Crippen molar-refractivity contribution >= 4 is 51.7 Å². The van der Waals surface area contributed by atoms with Crippen LogP contribution < -0.4 is 19.9 Å². The lowest BCUT2D eigenvalue weighted by atomic mass is 9.99. The Morgan fingerprint density at radius 1 is 1.16 bits per heavy atom. The number of anilines is 1. The predicted molar refractivity (Wildman–Crippen MR) is 153 cm³/mol. The fraction of sp³-hybridized carbons (Fsp3) is 0.357. The van der Waals surface area contributed by atoms with Gasteiger partial charge in [-0.3, -0.25) is 18.9 Å². The summed E-state index contributed by atoms with van der Waals surface area (Å²) < 4.78 is 12.9. The van der Waals surface area contributed by atoms with Crippen molar-refractivity contribution in [2.75, 3.05) is 18.2 Å². The molecule has 2 saturated heterocycles. The van der Waals surface area contributed by atoms with E-state index in [9.17, 15) is 9.59 Å². The Hall–Kier alpha value is -3.37. The van der Waals surface area contributed by atoms with Crippen LogP contribution in [0.4, 0.5) is 5.82 Å². The summed E-state index contributed by atoms with van der Waals surface area (Å²) >= 11 is 6.81. The number of carbonyl (C=O) groups excluding carboxylic acids is 1. The van der Waals surface area contributed by atoms with Crippen molar-refractivity contribution in [2.24, 2.45) is 0 Å². The number of carbonyl (C=O) groups is 1. The van der Waals surface area contributed by atoms with Crippen LogP contribution in [0, 0.1) is 6.92 Å². The summed E-state index contributed by atoms with van der Waals surface area (Å²) in [6.45, 7) is 5.44. The number of fused-ring (bicyclic) bond motifs is 2. The van der Waals surface area contributed by atoms with Gasteiger partial charge in [-0.25, -0.2) is 4.98 Å². The van der Waals surface area contributed by atoms with Gasteiger partial charge in [-0.1, -0.05) is 43.0 Å². The van der Waals surface area contributed by atoms with Crippen molar-refractivity contribution in [3.63, 3.8) is 0 Å². The van der Waals surface area contributed by atoms with Gasteiger partial charge in [0.15, 0.2) is 11.5 Å². The summed E-state index contributed by atoms with van der Waals surface area (Å²) in [5.41, 5.74) is 2.68. The molecule has 0 N–H and O–H groups in total. The number of pyridine rings is 1. The van der Waals surface area contributed by atoms with Crippen molar-refractivity contribution in [2.45, 2.75) is 52.1 Å². The Balaban J connectivity index is 1.40. The van der Waals surface area contributed by atoms with Crippen LogP contribution in [0.2, 0.25) is 0 Å². The molecule has 1 aromatic carbocycles. The number of hydrogen-bond acceptors (Lipinski definition) is 8. The van der Waals surface area contributed by atoms with E-state index in [0.29, 0.717) is 50.3 Å². The van der Waals surface area contributed by atoms with E-state index in [-0.39, 0.29) is 18.3 Å². The van der Waals surface area contributed by atoms with E-state index in [2.05, 4.69) is 11.8 Å². The van der Waals surface area contributed by atoms with Gasteiger partial charge >= 0.3 is 0 Å². The molecule has 38 heavy (non-hydrogen) atoms. The van der Waals surface area contributed by atoms with Crippen LogP contribution in [0.25, 0.3) is 11.7 Å². The lowest BCUT2D eigenvalue weighted by molar-refractivity contribution is -0.122. The van der Waals surface area contributed by atoms with Crippen molar-refractivity contribution in [1.29, 1.82) is 0 Å². The van der Waals surface area contributed by atoms with E-state index in [4.69, 9.17) is 26.7 Å². The molecule has 0 bridgehead atoms. The number of hydrogen-bond donors (Lipinski definition) is 0. The van der Waals surface area contributed by atoms with Crippen molar-refractivity contribution < 1.29 is 14.3 Å². The molecule has 0 spiro atoms. The second-order valence-electron chi connectivity index (χ2n) is 9.80. The Labute approximate surface area is 230 Å². The maximum atomic E-state index is 13.9. The molecule has 0 aliphatic carbocycles. The van der Waals surface area contributed by atoms with Crippen LogP contribution in [0.5, 0.6) is 11.5 Å². The van der Waals surface area contributed by atoms with Crippen LogP contribution in [0.1, 0.15) is 49.3 Å². The minimum absolute atomic E-state index is 0.185. The van der Waals surface area contributed by atoms with Gasteiger partial charge in [0.25, 0.3) is 11.5 Å². The quantitative estimate of drug-likeness (QED) is 0.329. The first-order valence-corrected chi connectivity index (χ1v) is 14.1. The SMILES string of the molecule is CCC1CCCCN1c1nc2ccc(C)cn2c(=O)c1C=C1SC(=S)N(Cc2ccc3c(c2)OCO3)C1=O. The van der Waals surface area contributed by atoms with Gasteiger partial charge in [-0.2, -0.15) is 0 Å². The van der Waals surface area contributed by atoms with Gasteiger partial charge in [0, 0.05) is 18.8 Å². The molecule has 8 nitrogen and oxygen atoms in total. The first-order valence-electron chi connectivity index (χ1n) is 12.9. The second kappa shape index (κ2) is 10.1. The van der Waals surface area contributed by atoms with Gasteiger partial charge in [0.05, 0.1) is 17.0 Å². The van der Waals surface area contributed by atoms with Crippen LogP contribution in [0.3, 0.4) is 0 Å². The first-order chi connectivity index (χ1) is 18.4. The summed E-state index contributed by atoms with van der Waals surface area (Å²) in [6, 6.07) is 9.74. The highest BCUT2D eigenvalue weighted by Crippen LogP contribution is 2.37. The third-order valence-corrected chi connectivity index (χ3v) is 8.66. The van der Waals surface area contributed by atoms with Crippen LogP contribution in [-0.2, 0) is 11.3 Å². The topological polar surface area (TPSA) is 76.4 Å². The molecule has 196 valence electrons. The van der Waals surface area contributed by atoms with Gasteiger partial charge in [-0.15, -0.1) is 0 Å². The fourth-order valence-corrected chi connectivity index (χ4v) is 6.52. The van der Waals surface area contributed by atoms with Crippen molar-refractivity contribution in [3.8, 4) is 11.5 Å². The van der Waals surface area contributed by atoms with Crippen LogP contribution in [0.15, 0.2) is 46.2 Å². The minimum atomic E-state index is -0.219. The van der Waals surface area contributed by atoms with Gasteiger partial charge in [0.2, 0.25) is 6.79 Å². The molecular formula is C28H28N4O4S2. The zero-order valence-corrected chi connectivity index (χ0v) is 22.9. The normalized spacial score (nSPS) is 20.3. The Morgan fingerprint density at radius 2 is 2.00 bits per heavy atom. The molecule has 3 aliphatic heterocycles. The number of rotatable bonds is 5. The monoisotopic (exact) mass is 548 g/mol. The molecule has 5 heterocycles. The number of benzene rings is 1. The number of nitrogens with zero attached hydrogens (tertiary/aromatic N) is 4. The van der Waals surface area contributed by atoms with E-state index in [0.717, 1.165) is 43.4 Å². The largest absolute Gasteiger partial charge is 0.454 e. The lowest BCUT2D eigenvalue weighted by Gasteiger charge is -2.37. The molecule has 2 fully saturated rings. The summed E-state index contributed by atoms with van der Waals surface area (Å²) in [7, 11) is 0. The van der Waals surface area contributed by atoms with Gasteiger partial charge in [-0.05, 0) is 68.0 Å². The predicted octanol–water partition coefficient (Wildman–Crippen LogP) is 4.90. The van der Waals surface area contributed by atoms with Crippen LogP contribution in [-0.4, -0.2) is 43.9 Å². The molecule has 0 radical (unpaired) electrons. The number of thioether (sulfide) groups is 1. The average Bonchev–Trinajstić information content (AvgIpc) is 3.50. The summed E-state index contributed by atoms with van der Waals surface area (Å²) in [6.07, 6.45) is 7.72. The summed E-state index contributed by atoms with van der Waals surface area (Å²) in [4.78, 5) is 36.6. The smallest absolute Gasteiger partial charge is 0.267 e. The van der Waals surface area contributed by atoms with E-state index in [1.807, 2.05) is 37.3 Å². The molecule has 2 aromatic heterocycles. The minimum Gasteiger partial charge on any atom is -0.454 e. The number of thiocarbonyl (C=S) groups is 1. The molecule has 1 amide bonds. The zero-order chi connectivity index (χ0) is 26.4. The zero-order valence-electron chi connectivity index (χ0n) is 21.3. The van der Waals surface area contributed by atoms with E-state index in [1.54, 1.807) is 21.6 Å².